The van der Waals surface area contributed by atoms with Gasteiger partial charge in [0.2, 0.25) is 0 Å². The first kappa shape index (κ1) is 8.17. The van der Waals surface area contributed by atoms with Gasteiger partial charge in [0.1, 0.15) is 6.54 Å². The maximum atomic E-state index is 4.15. The third-order valence-corrected chi connectivity index (χ3v) is 2.12. The zero-order chi connectivity index (χ0) is 8.93. The van der Waals surface area contributed by atoms with Crippen LogP contribution >= 0.6 is 0 Å². The maximum absolute atomic E-state index is 4.15. The quantitative estimate of drug-likeness (QED) is 0.600. The van der Waals surface area contributed by atoms with Gasteiger partial charge in [0.25, 0.3) is 0 Å². The lowest BCUT2D eigenvalue weighted by Gasteiger charge is -2.03. The monoisotopic (exact) mass is 173 g/mol. The largest absolute Gasteiger partial charge is 0.281 e. The van der Waals surface area contributed by atoms with Crippen LogP contribution in [0.15, 0.2) is 35.3 Å². The fraction of sp³-hybridized carbons (Fsp3) is 0.273. The van der Waals surface area contributed by atoms with E-state index >= 15 is 0 Å². The van der Waals surface area contributed by atoms with E-state index in [2.05, 4.69) is 40.0 Å². The number of rotatable bonds is 2. The minimum absolute atomic E-state index is 0.826. The smallest absolute Gasteiger partial charge is 0.177 e. The standard InChI is InChI=1S/C11H13N2/c1-2-4-11(5-3-1)10-13-8-6-12-7-9-13/h1-6,9H,7-8,10H2/q+1. The molecule has 2 nitrogen and oxygen atoms in total. The molecule has 2 heteroatoms. The highest BCUT2D eigenvalue weighted by Crippen LogP contribution is 2.00. The predicted octanol–water partition coefficient (Wildman–Crippen LogP) is 1.35. The minimum Gasteiger partial charge on any atom is -0.281 e. The molecule has 0 saturated heterocycles. The van der Waals surface area contributed by atoms with Gasteiger partial charge in [0, 0.05) is 5.56 Å². The van der Waals surface area contributed by atoms with Gasteiger partial charge >= 0.3 is 0 Å². The van der Waals surface area contributed by atoms with Crippen LogP contribution in [-0.2, 0) is 6.54 Å². The van der Waals surface area contributed by atoms with E-state index in [-0.39, 0.29) is 0 Å². The van der Waals surface area contributed by atoms with E-state index in [9.17, 15) is 0 Å². The van der Waals surface area contributed by atoms with E-state index in [1.807, 2.05) is 12.3 Å². The van der Waals surface area contributed by atoms with Crippen LogP contribution in [0.2, 0.25) is 0 Å². The van der Waals surface area contributed by atoms with Gasteiger partial charge in [-0.2, -0.15) is 0 Å². The lowest BCUT2D eigenvalue weighted by molar-refractivity contribution is -0.525. The minimum atomic E-state index is 0.826. The van der Waals surface area contributed by atoms with Crippen LogP contribution in [0.4, 0.5) is 0 Å². The van der Waals surface area contributed by atoms with E-state index < -0.39 is 0 Å². The summed E-state index contributed by atoms with van der Waals surface area (Å²) in [7, 11) is 0. The first-order valence-electron chi connectivity index (χ1n) is 4.55. The van der Waals surface area contributed by atoms with Crippen molar-refractivity contribution in [2.24, 2.45) is 4.99 Å². The van der Waals surface area contributed by atoms with Crippen LogP contribution in [0.25, 0.3) is 0 Å². The summed E-state index contributed by atoms with van der Waals surface area (Å²) >= 11 is 0. The van der Waals surface area contributed by atoms with Crippen molar-refractivity contribution < 1.29 is 4.58 Å². The topological polar surface area (TPSA) is 15.4 Å². The van der Waals surface area contributed by atoms with Crippen molar-refractivity contribution in [2.45, 2.75) is 6.54 Å². The molecule has 0 unspecified atom stereocenters. The Morgan fingerprint density at radius 1 is 1.23 bits per heavy atom. The molecule has 13 heavy (non-hydrogen) atoms. The Balaban J connectivity index is 2.02. The molecule has 0 spiro atoms. The van der Waals surface area contributed by atoms with E-state index in [0.717, 1.165) is 19.6 Å². The summed E-state index contributed by atoms with van der Waals surface area (Å²) in [5.41, 5.74) is 1.36. The molecular weight excluding hydrogens is 160 g/mol. The summed E-state index contributed by atoms with van der Waals surface area (Å²) in [5.74, 6) is 0. The zero-order valence-electron chi connectivity index (χ0n) is 7.56. The summed E-state index contributed by atoms with van der Waals surface area (Å²) in [4.78, 5) is 4.15. The molecule has 0 bridgehead atoms. The van der Waals surface area contributed by atoms with Gasteiger partial charge in [0.05, 0.1) is 6.21 Å². The normalized spacial score (nSPS) is 15.5. The highest BCUT2D eigenvalue weighted by molar-refractivity contribution is 5.67. The van der Waals surface area contributed by atoms with Gasteiger partial charge < -0.3 is 0 Å². The molecule has 0 aliphatic carbocycles. The molecule has 2 rings (SSSR count). The highest BCUT2D eigenvalue weighted by Gasteiger charge is 2.05. The number of hydrogen-bond donors (Lipinski definition) is 0. The van der Waals surface area contributed by atoms with E-state index in [4.69, 9.17) is 0 Å². The van der Waals surface area contributed by atoms with Crippen LogP contribution in [-0.4, -0.2) is 30.1 Å². The second kappa shape index (κ2) is 3.99. The summed E-state index contributed by atoms with van der Waals surface area (Å²) in [6.07, 6.45) is 4.12. The molecule has 1 aliphatic rings. The molecule has 0 saturated carbocycles. The van der Waals surface area contributed by atoms with Gasteiger partial charge in [-0.3, -0.25) is 4.99 Å². The molecule has 0 radical (unpaired) electrons. The van der Waals surface area contributed by atoms with E-state index in [1.54, 1.807) is 0 Å². The van der Waals surface area contributed by atoms with Gasteiger partial charge in [-0.25, -0.2) is 4.58 Å². The van der Waals surface area contributed by atoms with Crippen molar-refractivity contribution in [2.75, 3.05) is 13.1 Å². The van der Waals surface area contributed by atoms with Crippen molar-refractivity contribution in [1.82, 2.24) is 0 Å². The third kappa shape index (κ3) is 2.25. The summed E-state index contributed by atoms with van der Waals surface area (Å²) in [5, 5.41) is 0. The Morgan fingerprint density at radius 2 is 2.08 bits per heavy atom. The SMILES string of the molecule is C1=NCC=[N+](Cc2ccccc2)C1. The molecule has 0 amide bonds. The molecule has 66 valence electrons. The molecule has 0 N–H and O–H groups in total. The van der Waals surface area contributed by atoms with Gasteiger partial charge in [-0.05, 0) is 0 Å². The van der Waals surface area contributed by atoms with Crippen molar-refractivity contribution in [3.05, 3.63) is 35.9 Å². The lowest BCUT2D eigenvalue weighted by atomic mass is 10.2. The van der Waals surface area contributed by atoms with Crippen molar-refractivity contribution in [3.8, 4) is 0 Å². The third-order valence-electron chi connectivity index (χ3n) is 2.12. The molecule has 1 aliphatic heterocycles. The number of hydrogen-bond acceptors (Lipinski definition) is 1. The second-order valence-electron chi connectivity index (χ2n) is 3.15. The van der Waals surface area contributed by atoms with Crippen LogP contribution < -0.4 is 0 Å². The van der Waals surface area contributed by atoms with Gasteiger partial charge in [-0.15, -0.1) is 0 Å². The summed E-state index contributed by atoms with van der Waals surface area (Å²) < 4.78 is 2.28. The second-order valence-corrected chi connectivity index (χ2v) is 3.15. The Hall–Kier alpha value is -1.44. The predicted molar refractivity (Wildman–Crippen MR) is 54.7 cm³/mol. The van der Waals surface area contributed by atoms with Crippen LogP contribution in [0.1, 0.15) is 5.56 Å². The molecule has 0 aromatic heterocycles. The van der Waals surface area contributed by atoms with Crippen LogP contribution in [0, 0.1) is 0 Å². The summed E-state index contributed by atoms with van der Waals surface area (Å²) in [6, 6.07) is 10.5. The van der Waals surface area contributed by atoms with Crippen LogP contribution in [0.3, 0.4) is 0 Å². The molecule has 1 heterocycles. The fourth-order valence-corrected chi connectivity index (χ4v) is 1.42. The first-order valence-corrected chi connectivity index (χ1v) is 4.55. The Morgan fingerprint density at radius 3 is 2.77 bits per heavy atom. The average Bonchev–Trinajstić information content (AvgIpc) is 2.21. The molecule has 0 fully saturated rings. The zero-order valence-corrected chi connectivity index (χ0v) is 7.56. The number of nitrogens with zero attached hydrogens (tertiary/aromatic N) is 2. The number of aliphatic imine (C=N–C) groups is 1. The molecule has 0 atom stereocenters. The molecular formula is C11H13N2+. The van der Waals surface area contributed by atoms with Crippen molar-refractivity contribution in [1.29, 1.82) is 0 Å². The molecule has 1 aromatic rings. The number of benzene rings is 1. The van der Waals surface area contributed by atoms with Crippen molar-refractivity contribution >= 4 is 12.4 Å². The van der Waals surface area contributed by atoms with Gasteiger partial charge in [-0.1, -0.05) is 30.3 Å². The summed E-state index contributed by atoms with van der Waals surface area (Å²) in [6.45, 7) is 2.76. The van der Waals surface area contributed by atoms with Crippen LogP contribution in [0.5, 0.6) is 0 Å². The Kier molecular flexibility index (Phi) is 2.51. The van der Waals surface area contributed by atoms with E-state index in [1.165, 1.54) is 5.56 Å². The lowest BCUT2D eigenvalue weighted by Crippen LogP contribution is -2.20. The Bertz CT molecular complexity index is 325. The van der Waals surface area contributed by atoms with E-state index in [0.29, 0.717) is 0 Å². The first-order chi connectivity index (χ1) is 6.45. The maximum Gasteiger partial charge on any atom is 0.177 e. The average molecular weight is 173 g/mol. The molecule has 1 aromatic carbocycles. The Labute approximate surface area is 78.3 Å². The van der Waals surface area contributed by atoms with Crippen molar-refractivity contribution in [3.63, 3.8) is 0 Å². The highest BCUT2D eigenvalue weighted by atomic mass is 15.0. The fourth-order valence-electron chi connectivity index (χ4n) is 1.42. The van der Waals surface area contributed by atoms with Gasteiger partial charge in [0.15, 0.2) is 19.3 Å².